The minimum atomic E-state index is -4.67. The van der Waals surface area contributed by atoms with E-state index in [1.54, 1.807) is 0 Å². The number of nitriles is 2. The Balaban J connectivity index is -0.0000000406. The number of hydrogen-bond donors (Lipinski definition) is 5. The molecular weight excluding hydrogens is 190 g/mol. The maximum Gasteiger partial charge on any atom is 0.394 e. The zero-order chi connectivity index (χ0) is 9.91. The van der Waals surface area contributed by atoms with Crippen LogP contribution in [0.4, 0.5) is 0 Å². The van der Waals surface area contributed by atoms with E-state index in [-0.39, 0.29) is 6.15 Å². The molecule has 0 amide bonds. The molecule has 0 atom stereocenters. The minimum absolute atomic E-state index is 0. The number of nitrogens with two attached hydrogens (primary N) is 2. The van der Waals surface area contributed by atoms with Crippen LogP contribution in [0.5, 0.6) is 0 Å². The lowest BCUT2D eigenvalue weighted by Gasteiger charge is -1.68. The van der Waals surface area contributed by atoms with E-state index in [1.807, 2.05) is 0 Å². The van der Waals surface area contributed by atoms with Crippen LogP contribution in [0.1, 0.15) is 0 Å². The minimum Gasteiger partial charge on any atom is -0.344 e. The largest absolute Gasteiger partial charge is 0.394 e. The van der Waals surface area contributed by atoms with Gasteiger partial charge in [0.05, 0.1) is 0 Å². The van der Waals surface area contributed by atoms with Gasteiger partial charge in [0, 0.05) is 0 Å². The number of hydrogen-bond acceptors (Lipinski definition) is 7. The van der Waals surface area contributed by atoms with Crippen LogP contribution >= 0.6 is 0 Å². The summed E-state index contributed by atoms with van der Waals surface area (Å²) in [5.74, 6) is 0. The van der Waals surface area contributed by atoms with Crippen molar-refractivity contribution in [1.29, 1.82) is 10.5 Å². The SMILES string of the molecule is N.N#CN.N#CN.O=S(=O)(O)O. The Hall–Kier alpha value is -1.59. The van der Waals surface area contributed by atoms with E-state index in [0.717, 1.165) is 0 Å². The fourth-order valence-electron chi connectivity index (χ4n) is 0. The molecule has 0 aromatic carbocycles. The Bertz CT molecular complexity index is 213. The van der Waals surface area contributed by atoms with Crippen molar-refractivity contribution in [2.75, 3.05) is 0 Å². The molecule has 0 unspecified atom stereocenters. The first-order valence-corrected chi connectivity index (χ1v) is 3.12. The monoisotopic (exact) mass is 199 g/mol. The Morgan fingerprint density at radius 2 is 1.08 bits per heavy atom. The molecule has 0 saturated carbocycles. The smallest absolute Gasteiger partial charge is 0.344 e. The summed E-state index contributed by atoms with van der Waals surface area (Å²) in [6.07, 6.45) is 2.50. The highest BCUT2D eigenvalue weighted by Crippen LogP contribution is 1.59. The van der Waals surface area contributed by atoms with E-state index in [4.69, 9.17) is 28.0 Å². The zero-order valence-electron chi connectivity index (χ0n) is 5.88. The molecule has 0 spiro atoms. The summed E-state index contributed by atoms with van der Waals surface area (Å²) < 4.78 is 31.6. The van der Waals surface area contributed by atoms with E-state index >= 15 is 0 Å². The molecule has 0 rings (SSSR count). The van der Waals surface area contributed by atoms with Crippen molar-refractivity contribution in [2.24, 2.45) is 11.5 Å². The summed E-state index contributed by atoms with van der Waals surface area (Å²) in [6.45, 7) is 0. The van der Waals surface area contributed by atoms with Crippen molar-refractivity contribution in [1.82, 2.24) is 6.15 Å². The quantitative estimate of drug-likeness (QED) is 0.172. The first kappa shape index (κ1) is 22.4. The van der Waals surface area contributed by atoms with Crippen LogP contribution in [0.3, 0.4) is 0 Å². The fraction of sp³-hybridized carbons (Fsp3) is 0. The molecule has 0 radical (unpaired) electrons. The van der Waals surface area contributed by atoms with Crippen molar-refractivity contribution in [2.45, 2.75) is 0 Å². The van der Waals surface area contributed by atoms with Crippen LogP contribution in [0.25, 0.3) is 0 Å². The molecule has 12 heavy (non-hydrogen) atoms. The normalized spacial score (nSPS) is 6.00. The topological polar surface area (TPSA) is 209 Å². The molecule has 9 N–H and O–H groups in total. The lowest BCUT2D eigenvalue weighted by molar-refractivity contribution is 0.381. The average molecular weight is 199 g/mol. The van der Waals surface area contributed by atoms with Gasteiger partial charge in [0.1, 0.15) is 0 Å². The number of rotatable bonds is 0. The second-order valence-electron chi connectivity index (χ2n) is 0.706. The summed E-state index contributed by atoms with van der Waals surface area (Å²) in [5.41, 5.74) is 8.31. The van der Waals surface area contributed by atoms with Gasteiger partial charge in [-0.05, 0) is 0 Å². The second-order valence-corrected chi connectivity index (χ2v) is 1.60. The highest BCUT2D eigenvalue weighted by Gasteiger charge is 1.84. The predicted molar refractivity (Wildman–Crippen MR) is 38.8 cm³/mol. The molecule has 0 heterocycles. The van der Waals surface area contributed by atoms with Gasteiger partial charge >= 0.3 is 10.4 Å². The molecule has 0 saturated heterocycles. The highest BCUT2D eigenvalue weighted by atomic mass is 32.3. The molecule has 9 nitrogen and oxygen atoms in total. The molecule has 0 aromatic heterocycles. The van der Waals surface area contributed by atoms with Gasteiger partial charge in [0.2, 0.25) is 0 Å². The van der Waals surface area contributed by atoms with Crippen molar-refractivity contribution in [3.8, 4) is 12.4 Å². The van der Waals surface area contributed by atoms with Gasteiger partial charge in [-0.2, -0.15) is 18.9 Å². The van der Waals surface area contributed by atoms with Gasteiger partial charge < -0.3 is 17.6 Å². The second kappa shape index (κ2) is 16.2. The molecule has 0 aliphatic heterocycles. The van der Waals surface area contributed by atoms with E-state index in [0.29, 0.717) is 0 Å². The molecule has 72 valence electrons. The van der Waals surface area contributed by atoms with Crippen molar-refractivity contribution < 1.29 is 17.5 Å². The maximum absolute atomic E-state index is 8.74. The molecule has 0 bridgehead atoms. The van der Waals surface area contributed by atoms with Crippen LogP contribution in [0, 0.1) is 22.9 Å². The first-order chi connectivity index (χ1) is 4.83. The summed E-state index contributed by atoms with van der Waals surface area (Å²) in [4.78, 5) is 0. The first-order valence-electron chi connectivity index (χ1n) is 1.72. The highest BCUT2D eigenvalue weighted by molar-refractivity contribution is 7.79. The molecular formula is C2H9N5O4S. The number of nitrogens with zero attached hydrogens (tertiary/aromatic N) is 2. The molecule has 0 fully saturated rings. The van der Waals surface area contributed by atoms with Crippen LogP contribution in [0.2, 0.25) is 0 Å². The molecule has 0 aromatic rings. The van der Waals surface area contributed by atoms with Crippen molar-refractivity contribution >= 4 is 10.4 Å². The van der Waals surface area contributed by atoms with E-state index < -0.39 is 10.4 Å². The molecule has 10 heteroatoms. The zero-order valence-corrected chi connectivity index (χ0v) is 6.69. The van der Waals surface area contributed by atoms with E-state index in [2.05, 4.69) is 11.5 Å². The lowest BCUT2D eigenvalue weighted by atomic mass is 11.5. The van der Waals surface area contributed by atoms with Gasteiger partial charge in [0.15, 0.2) is 12.4 Å². The summed E-state index contributed by atoms with van der Waals surface area (Å²) >= 11 is 0. The van der Waals surface area contributed by atoms with E-state index in [1.165, 1.54) is 12.4 Å². The Kier molecular flexibility index (Phi) is 30.3. The summed E-state index contributed by atoms with van der Waals surface area (Å²) in [7, 11) is -4.67. The van der Waals surface area contributed by atoms with Gasteiger partial charge in [0.25, 0.3) is 0 Å². The Labute approximate surface area is 69.3 Å². The van der Waals surface area contributed by atoms with E-state index in [9.17, 15) is 0 Å². The fourth-order valence-corrected chi connectivity index (χ4v) is 0. The molecule has 0 aliphatic rings. The van der Waals surface area contributed by atoms with Gasteiger partial charge in [-0.25, -0.2) is 0 Å². The predicted octanol–water partition coefficient (Wildman–Crippen LogP) is -1.64. The molecule has 0 aliphatic carbocycles. The maximum atomic E-state index is 8.74. The van der Waals surface area contributed by atoms with Crippen LogP contribution < -0.4 is 17.6 Å². The van der Waals surface area contributed by atoms with Crippen molar-refractivity contribution in [3.63, 3.8) is 0 Å². The lowest BCUT2D eigenvalue weighted by Crippen LogP contribution is -1.89. The average Bonchev–Trinajstić information content (AvgIpc) is 1.62. The third-order valence-corrected chi connectivity index (χ3v) is 0. The van der Waals surface area contributed by atoms with Gasteiger partial charge in [-0.3, -0.25) is 9.11 Å². The van der Waals surface area contributed by atoms with Crippen LogP contribution in [-0.4, -0.2) is 17.5 Å². The van der Waals surface area contributed by atoms with Crippen LogP contribution in [0.15, 0.2) is 0 Å². The standard InChI is InChI=1S/2CH2N2.H3N.H2O4S/c2*2-1-3;;1-5(2,3)4/h2*2H2;1H3;(H2,1,2,3,4). The third-order valence-electron chi connectivity index (χ3n) is 0. The summed E-state index contributed by atoms with van der Waals surface area (Å²) in [6, 6.07) is 0. The Morgan fingerprint density at radius 3 is 1.08 bits per heavy atom. The summed E-state index contributed by atoms with van der Waals surface area (Å²) in [5, 5.41) is 14.2. The van der Waals surface area contributed by atoms with Gasteiger partial charge in [-0.15, -0.1) is 0 Å². The van der Waals surface area contributed by atoms with Crippen LogP contribution in [-0.2, 0) is 10.4 Å². The van der Waals surface area contributed by atoms with Crippen molar-refractivity contribution in [3.05, 3.63) is 0 Å². The van der Waals surface area contributed by atoms with Gasteiger partial charge in [-0.1, -0.05) is 0 Å². The Morgan fingerprint density at radius 1 is 1.08 bits per heavy atom. The third kappa shape index (κ3) is 183.